The van der Waals surface area contributed by atoms with E-state index in [1.54, 1.807) is 9.80 Å². The second-order valence-electron chi connectivity index (χ2n) is 6.22. The van der Waals surface area contributed by atoms with Crippen LogP contribution >= 0.6 is 0 Å². The summed E-state index contributed by atoms with van der Waals surface area (Å²) < 4.78 is 5.36. The molecule has 2 N–H and O–H groups in total. The van der Waals surface area contributed by atoms with Crippen LogP contribution < -0.4 is 5.73 Å². The first-order valence-electron chi connectivity index (χ1n) is 7.22. The van der Waals surface area contributed by atoms with Crippen molar-refractivity contribution in [1.82, 2.24) is 9.80 Å². The topological polar surface area (TPSA) is 75.9 Å². The lowest BCUT2D eigenvalue weighted by Crippen LogP contribution is -2.40. The Bertz CT molecular complexity index is 352. The number of rotatable bonds is 4. The summed E-state index contributed by atoms with van der Waals surface area (Å²) in [6, 6.07) is 0. The van der Waals surface area contributed by atoms with Crippen molar-refractivity contribution in [2.75, 3.05) is 32.7 Å². The summed E-state index contributed by atoms with van der Waals surface area (Å²) in [6.45, 7) is 10.2. The number of nitrogens with zero attached hydrogens (tertiary/aromatic N) is 2. The van der Waals surface area contributed by atoms with Crippen LogP contribution in [0.5, 0.6) is 0 Å². The third-order valence-electron chi connectivity index (χ3n) is 3.33. The van der Waals surface area contributed by atoms with Crippen molar-refractivity contribution in [2.45, 2.75) is 39.7 Å². The van der Waals surface area contributed by atoms with E-state index in [2.05, 4.69) is 0 Å². The van der Waals surface area contributed by atoms with Gasteiger partial charge in [0.15, 0.2) is 0 Å². The molecule has 0 aromatic rings. The van der Waals surface area contributed by atoms with Crippen LogP contribution in [0.4, 0.5) is 4.79 Å². The lowest BCUT2D eigenvalue weighted by atomic mass is 10.1. The van der Waals surface area contributed by atoms with E-state index >= 15 is 0 Å². The van der Waals surface area contributed by atoms with Gasteiger partial charge in [0.25, 0.3) is 0 Å². The number of carbonyl (C=O) groups is 2. The van der Waals surface area contributed by atoms with Gasteiger partial charge in [-0.3, -0.25) is 4.79 Å². The molecule has 0 aliphatic carbocycles. The summed E-state index contributed by atoms with van der Waals surface area (Å²) in [7, 11) is 0. The summed E-state index contributed by atoms with van der Waals surface area (Å²) in [6.07, 6.45) is 0.626. The summed E-state index contributed by atoms with van der Waals surface area (Å²) in [5, 5.41) is 0. The fourth-order valence-electron chi connectivity index (χ4n) is 2.32. The number of nitrogens with two attached hydrogens (primary N) is 1. The second-order valence-corrected chi connectivity index (χ2v) is 6.22. The lowest BCUT2D eigenvalue weighted by molar-refractivity contribution is -0.130. The molecule has 0 unspecified atom stereocenters. The van der Waals surface area contributed by atoms with Gasteiger partial charge in [0.1, 0.15) is 5.60 Å². The van der Waals surface area contributed by atoms with Crippen molar-refractivity contribution in [3.8, 4) is 0 Å². The molecular weight excluding hydrogens is 258 g/mol. The van der Waals surface area contributed by atoms with Gasteiger partial charge in [-0.05, 0) is 40.0 Å². The maximum atomic E-state index is 12.0. The molecule has 0 aromatic heterocycles. The zero-order chi connectivity index (χ0) is 15.3. The van der Waals surface area contributed by atoms with Crippen LogP contribution in [0.1, 0.15) is 34.1 Å². The molecule has 6 heteroatoms. The monoisotopic (exact) mass is 285 g/mol. The number of carbonyl (C=O) groups excluding carboxylic acids is 2. The van der Waals surface area contributed by atoms with Crippen molar-refractivity contribution >= 4 is 12.0 Å². The predicted octanol–water partition coefficient (Wildman–Crippen LogP) is 1.05. The molecule has 116 valence electrons. The van der Waals surface area contributed by atoms with Gasteiger partial charge in [0.05, 0.1) is 6.54 Å². The summed E-state index contributed by atoms with van der Waals surface area (Å²) >= 11 is 0. The van der Waals surface area contributed by atoms with Gasteiger partial charge in [-0.1, -0.05) is 0 Å². The molecule has 0 spiro atoms. The molecule has 0 aromatic carbocycles. The van der Waals surface area contributed by atoms with Crippen molar-refractivity contribution in [1.29, 1.82) is 0 Å². The molecule has 0 radical (unpaired) electrons. The third-order valence-corrected chi connectivity index (χ3v) is 3.33. The zero-order valence-electron chi connectivity index (χ0n) is 13.0. The Morgan fingerprint density at radius 3 is 2.55 bits per heavy atom. The van der Waals surface area contributed by atoms with Crippen LogP contribution in [0.15, 0.2) is 0 Å². The van der Waals surface area contributed by atoms with Crippen molar-refractivity contribution in [2.24, 2.45) is 11.7 Å². The van der Waals surface area contributed by atoms with Gasteiger partial charge in [-0.25, -0.2) is 4.79 Å². The number of amides is 2. The maximum absolute atomic E-state index is 12.0. The fourth-order valence-corrected chi connectivity index (χ4v) is 2.32. The van der Waals surface area contributed by atoms with Gasteiger partial charge in [-0.15, -0.1) is 0 Å². The maximum Gasteiger partial charge on any atom is 0.410 e. The summed E-state index contributed by atoms with van der Waals surface area (Å²) in [4.78, 5) is 27.1. The molecule has 6 nitrogen and oxygen atoms in total. The normalized spacial score (nSPS) is 19.1. The molecule has 1 rings (SSSR count). The summed E-state index contributed by atoms with van der Waals surface area (Å²) in [5.41, 5.74) is 4.92. The van der Waals surface area contributed by atoms with Crippen LogP contribution in [0.3, 0.4) is 0 Å². The molecule has 1 saturated heterocycles. The SMILES string of the molecule is CCN(C[C@@H]1CCN(C(=O)OC(C)(C)C)C1)C(=O)CN. The molecule has 1 aliphatic heterocycles. The highest BCUT2D eigenvalue weighted by atomic mass is 16.6. The third kappa shape index (κ3) is 5.00. The number of likely N-dealkylation sites (tertiary alicyclic amines) is 1. The Labute approximate surface area is 121 Å². The Balaban J connectivity index is 2.47. The van der Waals surface area contributed by atoms with Gasteiger partial charge < -0.3 is 20.3 Å². The zero-order valence-corrected chi connectivity index (χ0v) is 13.0. The van der Waals surface area contributed by atoms with E-state index in [1.807, 2.05) is 27.7 Å². The Kier molecular flexibility index (Phi) is 5.80. The van der Waals surface area contributed by atoms with Crippen LogP contribution in [0, 0.1) is 5.92 Å². The number of likely N-dealkylation sites (N-methyl/N-ethyl adjacent to an activating group) is 1. The number of hydrogen-bond acceptors (Lipinski definition) is 4. The van der Waals surface area contributed by atoms with Gasteiger partial charge >= 0.3 is 6.09 Å². The van der Waals surface area contributed by atoms with E-state index in [0.29, 0.717) is 32.1 Å². The smallest absolute Gasteiger partial charge is 0.410 e. The van der Waals surface area contributed by atoms with Crippen LogP contribution in [0.2, 0.25) is 0 Å². The highest BCUT2D eigenvalue weighted by Gasteiger charge is 2.31. The molecule has 1 aliphatic rings. The van der Waals surface area contributed by atoms with E-state index in [0.717, 1.165) is 6.42 Å². The van der Waals surface area contributed by atoms with E-state index in [9.17, 15) is 9.59 Å². The predicted molar refractivity (Wildman–Crippen MR) is 77.2 cm³/mol. The summed E-state index contributed by atoms with van der Waals surface area (Å²) in [5.74, 6) is 0.265. The average Bonchev–Trinajstić information content (AvgIpc) is 2.81. The molecule has 0 saturated carbocycles. The van der Waals surface area contributed by atoms with Crippen molar-refractivity contribution in [3.05, 3.63) is 0 Å². The Morgan fingerprint density at radius 1 is 1.40 bits per heavy atom. The highest BCUT2D eigenvalue weighted by molar-refractivity contribution is 5.78. The standard InChI is InChI=1S/C14H27N3O3/c1-5-16(12(18)8-15)9-11-6-7-17(10-11)13(19)20-14(2,3)4/h11H,5-10,15H2,1-4H3/t11-/m0/s1. The Morgan fingerprint density at radius 2 is 2.05 bits per heavy atom. The molecule has 1 heterocycles. The molecule has 1 atom stereocenters. The molecule has 0 bridgehead atoms. The van der Waals surface area contributed by atoms with Crippen LogP contribution in [-0.2, 0) is 9.53 Å². The molecular formula is C14H27N3O3. The first-order chi connectivity index (χ1) is 9.26. The van der Waals surface area contributed by atoms with Crippen molar-refractivity contribution < 1.29 is 14.3 Å². The minimum atomic E-state index is -0.472. The van der Waals surface area contributed by atoms with Crippen molar-refractivity contribution in [3.63, 3.8) is 0 Å². The second kappa shape index (κ2) is 6.92. The van der Waals surface area contributed by atoms with Gasteiger partial charge in [0.2, 0.25) is 5.91 Å². The molecule has 2 amide bonds. The van der Waals surface area contributed by atoms with Crippen LogP contribution in [-0.4, -0.2) is 60.1 Å². The molecule has 20 heavy (non-hydrogen) atoms. The number of hydrogen-bond donors (Lipinski definition) is 1. The van der Waals surface area contributed by atoms with E-state index in [1.165, 1.54) is 0 Å². The quantitative estimate of drug-likeness (QED) is 0.837. The van der Waals surface area contributed by atoms with Gasteiger partial charge in [0, 0.05) is 26.2 Å². The highest BCUT2D eigenvalue weighted by Crippen LogP contribution is 2.20. The Hall–Kier alpha value is -1.30. The first kappa shape index (κ1) is 16.8. The lowest BCUT2D eigenvalue weighted by Gasteiger charge is -2.26. The van der Waals surface area contributed by atoms with E-state index in [4.69, 9.17) is 10.5 Å². The van der Waals surface area contributed by atoms with E-state index in [-0.39, 0.29) is 18.5 Å². The first-order valence-corrected chi connectivity index (χ1v) is 7.22. The average molecular weight is 285 g/mol. The van der Waals surface area contributed by atoms with E-state index < -0.39 is 5.60 Å². The molecule has 1 fully saturated rings. The largest absolute Gasteiger partial charge is 0.444 e. The fraction of sp³-hybridized carbons (Fsp3) is 0.857. The number of ether oxygens (including phenoxy) is 1. The van der Waals surface area contributed by atoms with Crippen LogP contribution in [0.25, 0.3) is 0 Å². The van der Waals surface area contributed by atoms with Gasteiger partial charge in [-0.2, -0.15) is 0 Å². The minimum Gasteiger partial charge on any atom is -0.444 e. The minimum absolute atomic E-state index is 0.0380.